The van der Waals surface area contributed by atoms with Gasteiger partial charge in [-0.25, -0.2) is 0 Å². The first-order chi connectivity index (χ1) is 6.27. The maximum Gasteiger partial charge on any atom is 1.00 e. The number of hydrogen-bond acceptors (Lipinski definition) is 3. The number of carbonyl (C=O) groups excluding carboxylic acids is 1. The van der Waals surface area contributed by atoms with Crippen molar-refractivity contribution in [2.75, 3.05) is 13.1 Å². The molecule has 76 valence electrons. The average Bonchev–Trinajstić information content (AvgIpc) is 2.09. The maximum absolute atomic E-state index is 10.0. The van der Waals surface area contributed by atoms with Crippen LogP contribution in [0.25, 0.3) is 0 Å². The Bertz CT molecular complexity index is 160. The molecular weight excluding hydrogens is 189 g/mol. The van der Waals surface area contributed by atoms with Crippen LogP contribution in [0.15, 0.2) is 12.2 Å². The third-order valence-corrected chi connectivity index (χ3v) is 1.66. The molecule has 0 fully saturated rings. The number of allylic oxidation sites excluding steroid dienone is 1. The molecule has 0 aromatic heterocycles. The van der Waals surface area contributed by atoms with E-state index in [2.05, 4.69) is 18.3 Å². The molecule has 0 aliphatic rings. The van der Waals surface area contributed by atoms with E-state index >= 15 is 0 Å². The number of unbranched alkanes of at least 4 members (excludes halogenated alkanes) is 2. The number of carboxylic acids is 1. The summed E-state index contributed by atoms with van der Waals surface area (Å²) in [6.45, 7) is 3.39. The van der Waals surface area contributed by atoms with Gasteiger partial charge in [-0.2, -0.15) is 0 Å². The number of aliphatic carboxylic acids is 1. The number of nitrogens with one attached hydrogen (secondary N) is 1. The van der Waals surface area contributed by atoms with E-state index in [4.69, 9.17) is 0 Å². The molecule has 0 aliphatic heterocycles. The van der Waals surface area contributed by atoms with Crippen molar-refractivity contribution in [3.63, 3.8) is 0 Å². The van der Waals surface area contributed by atoms with Crippen LogP contribution in [-0.4, -0.2) is 19.1 Å². The zero-order valence-electron chi connectivity index (χ0n) is 9.21. The minimum atomic E-state index is -0.998. The molecule has 1 N–H and O–H groups in total. The van der Waals surface area contributed by atoms with Gasteiger partial charge in [-0.05, 0) is 12.8 Å². The van der Waals surface area contributed by atoms with Gasteiger partial charge in [-0.15, -0.1) is 0 Å². The van der Waals surface area contributed by atoms with Gasteiger partial charge in [0, 0.05) is 19.1 Å². The smallest absolute Gasteiger partial charge is 0.550 e. The second-order valence-electron chi connectivity index (χ2n) is 2.94. The molecule has 0 radical (unpaired) electrons. The Kier molecular flexibility index (Phi) is 15.6. The summed E-state index contributed by atoms with van der Waals surface area (Å²) < 4.78 is 0. The van der Waals surface area contributed by atoms with Crippen molar-refractivity contribution in [3.05, 3.63) is 12.2 Å². The fourth-order valence-electron chi connectivity index (χ4n) is 0.899. The van der Waals surface area contributed by atoms with Crippen molar-refractivity contribution >= 4 is 5.97 Å². The van der Waals surface area contributed by atoms with Crippen LogP contribution >= 0.6 is 0 Å². The second kappa shape index (κ2) is 13.2. The first-order valence-corrected chi connectivity index (χ1v) is 4.83. The van der Waals surface area contributed by atoms with Gasteiger partial charge < -0.3 is 15.2 Å². The third-order valence-electron chi connectivity index (χ3n) is 1.66. The van der Waals surface area contributed by atoms with Gasteiger partial charge in [-0.3, -0.25) is 0 Å². The van der Waals surface area contributed by atoms with Crippen LogP contribution in [0, 0.1) is 0 Å². The molecule has 0 amide bonds. The maximum atomic E-state index is 10.0. The summed E-state index contributed by atoms with van der Waals surface area (Å²) in [6.07, 6.45) is 7.78. The molecule has 0 aromatic carbocycles. The number of carbonyl (C=O) groups is 1. The van der Waals surface area contributed by atoms with Crippen LogP contribution in [-0.2, 0) is 4.79 Å². The first kappa shape index (κ1) is 16.6. The van der Waals surface area contributed by atoms with Crippen LogP contribution in [0.5, 0.6) is 0 Å². The predicted octanol–water partition coefficient (Wildman–Crippen LogP) is -2.53. The van der Waals surface area contributed by atoms with Crippen molar-refractivity contribution in [3.8, 4) is 0 Å². The van der Waals surface area contributed by atoms with E-state index in [-0.39, 0.29) is 36.0 Å². The number of carboxylic acid groups (broad SMARTS) is 1. The molecule has 0 rings (SSSR count). The van der Waals surface area contributed by atoms with Crippen molar-refractivity contribution < 1.29 is 39.5 Å². The summed E-state index contributed by atoms with van der Waals surface area (Å²) in [5.74, 6) is -0.998. The topological polar surface area (TPSA) is 52.2 Å². The molecule has 0 saturated carbocycles. The van der Waals surface area contributed by atoms with Gasteiger partial charge in [0.15, 0.2) is 0 Å². The largest absolute Gasteiger partial charge is 1.00 e. The van der Waals surface area contributed by atoms with Crippen LogP contribution in [0.2, 0.25) is 0 Å². The minimum Gasteiger partial charge on any atom is -0.550 e. The summed E-state index contributed by atoms with van der Waals surface area (Å²) in [4.78, 5) is 10.0. The molecule has 3 nitrogen and oxygen atoms in total. The van der Waals surface area contributed by atoms with Crippen LogP contribution < -0.4 is 40.0 Å². The summed E-state index contributed by atoms with van der Waals surface area (Å²) >= 11 is 0. The zero-order chi connectivity index (χ0) is 9.94. The summed E-state index contributed by atoms with van der Waals surface area (Å²) in [6, 6.07) is 0. The Morgan fingerprint density at radius 1 is 1.43 bits per heavy atom. The van der Waals surface area contributed by atoms with Gasteiger partial charge >= 0.3 is 29.6 Å². The average molecular weight is 207 g/mol. The van der Waals surface area contributed by atoms with Gasteiger partial charge in [0.05, 0.1) is 0 Å². The Morgan fingerprint density at radius 3 is 2.71 bits per heavy atom. The number of hydrogen-bond donors (Lipinski definition) is 1. The predicted molar refractivity (Wildman–Crippen MR) is 51.2 cm³/mol. The standard InChI is InChI=1S/C10H19NO2.Na/c1-2-3-4-5-6-8-11-9-7-10(12)13;/h5-6,11H,2-4,7-9H2,1H3,(H,12,13);/q;+1/p-1. The van der Waals surface area contributed by atoms with E-state index in [1.165, 1.54) is 12.8 Å². The Labute approximate surface area is 108 Å². The van der Waals surface area contributed by atoms with Crippen molar-refractivity contribution in [2.24, 2.45) is 0 Å². The molecule has 0 bridgehead atoms. The van der Waals surface area contributed by atoms with Crippen molar-refractivity contribution in [1.82, 2.24) is 5.32 Å². The van der Waals surface area contributed by atoms with Gasteiger partial charge in [-0.1, -0.05) is 31.9 Å². The van der Waals surface area contributed by atoms with Crippen LogP contribution in [0.3, 0.4) is 0 Å². The monoisotopic (exact) mass is 207 g/mol. The van der Waals surface area contributed by atoms with E-state index in [0.717, 1.165) is 13.0 Å². The Balaban J connectivity index is 0. The molecule has 0 saturated heterocycles. The summed E-state index contributed by atoms with van der Waals surface area (Å²) in [5, 5.41) is 13.0. The van der Waals surface area contributed by atoms with Gasteiger partial charge in [0.1, 0.15) is 0 Å². The molecule has 0 aromatic rings. The van der Waals surface area contributed by atoms with E-state index in [9.17, 15) is 9.90 Å². The van der Waals surface area contributed by atoms with E-state index in [1.54, 1.807) is 0 Å². The molecule has 0 heterocycles. The van der Waals surface area contributed by atoms with E-state index < -0.39 is 5.97 Å². The van der Waals surface area contributed by atoms with Gasteiger partial charge in [0.2, 0.25) is 0 Å². The van der Waals surface area contributed by atoms with Crippen LogP contribution in [0.1, 0.15) is 32.6 Å². The molecule has 0 unspecified atom stereocenters. The normalized spacial score (nSPS) is 10.1. The van der Waals surface area contributed by atoms with E-state index in [0.29, 0.717) is 6.54 Å². The fraction of sp³-hybridized carbons (Fsp3) is 0.700. The minimum absolute atomic E-state index is 0. The SMILES string of the molecule is CCCCC=CCNCCC(=O)[O-].[Na+]. The van der Waals surface area contributed by atoms with E-state index in [1.807, 2.05) is 6.08 Å². The molecule has 0 aliphatic carbocycles. The third kappa shape index (κ3) is 14.7. The Hall–Kier alpha value is 0.170. The Morgan fingerprint density at radius 2 is 2.14 bits per heavy atom. The summed E-state index contributed by atoms with van der Waals surface area (Å²) in [7, 11) is 0. The second-order valence-corrected chi connectivity index (χ2v) is 2.94. The molecule has 0 spiro atoms. The fourth-order valence-corrected chi connectivity index (χ4v) is 0.899. The number of rotatable bonds is 8. The van der Waals surface area contributed by atoms with Gasteiger partial charge in [0.25, 0.3) is 0 Å². The first-order valence-electron chi connectivity index (χ1n) is 4.83. The zero-order valence-corrected chi connectivity index (χ0v) is 11.2. The summed E-state index contributed by atoms with van der Waals surface area (Å²) in [5.41, 5.74) is 0. The quantitative estimate of drug-likeness (QED) is 0.271. The molecular formula is C10H18NNaO2. The van der Waals surface area contributed by atoms with Crippen LogP contribution in [0.4, 0.5) is 0 Å². The molecule has 4 heteroatoms. The van der Waals surface area contributed by atoms with Crippen molar-refractivity contribution in [2.45, 2.75) is 32.6 Å². The molecule has 14 heavy (non-hydrogen) atoms. The van der Waals surface area contributed by atoms with Crippen molar-refractivity contribution in [1.29, 1.82) is 0 Å². The molecule has 0 atom stereocenters.